The van der Waals surface area contributed by atoms with Crippen LogP contribution in [0.4, 0.5) is 5.69 Å². The average molecular weight is 205 g/mol. The van der Waals surface area contributed by atoms with Gasteiger partial charge in [-0.2, -0.15) is 0 Å². The van der Waals surface area contributed by atoms with E-state index in [9.17, 15) is 10.1 Å². The van der Waals surface area contributed by atoms with Crippen LogP contribution in [-0.2, 0) is 0 Å². The van der Waals surface area contributed by atoms with Crippen molar-refractivity contribution in [2.24, 2.45) is 0 Å². The van der Waals surface area contributed by atoms with Gasteiger partial charge in [-0.25, -0.2) is 0 Å². The van der Waals surface area contributed by atoms with Gasteiger partial charge in [-0.3, -0.25) is 15.1 Å². The summed E-state index contributed by atoms with van der Waals surface area (Å²) in [7, 11) is 0. The summed E-state index contributed by atoms with van der Waals surface area (Å²) in [6.45, 7) is 2.18. The summed E-state index contributed by atoms with van der Waals surface area (Å²) in [5, 5.41) is 10.4. The molecular formula is C7H9ClN2O3. The van der Waals surface area contributed by atoms with Crippen LogP contribution in [-0.4, -0.2) is 16.5 Å². The molecule has 0 spiro atoms. The van der Waals surface area contributed by atoms with Gasteiger partial charge < -0.3 is 4.74 Å². The van der Waals surface area contributed by atoms with E-state index in [1.807, 2.05) is 0 Å². The first-order chi connectivity index (χ1) is 5.75. The fraction of sp³-hybridized carbons (Fsp3) is 0.286. The van der Waals surface area contributed by atoms with Gasteiger partial charge in [0.05, 0.1) is 11.5 Å². The van der Waals surface area contributed by atoms with Crippen molar-refractivity contribution < 1.29 is 9.66 Å². The summed E-state index contributed by atoms with van der Waals surface area (Å²) < 4.78 is 5.02. The van der Waals surface area contributed by atoms with Gasteiger partial charge in [-0.05, 0) is 6.92 Å². The molecule has 0 radical (unpaired) electrons. The smallest absolute Gasteiger partial charge is 0.329 e. The lowest BCUT2D eigenvalue weighted by atomic mass is 10.4. The third-order valence-electron chi connectivity index (χ3n) is 1.26. The van der Waals surface area contributed by atoms with Gasteiger partial charge in [0.25, 0.3) is 0 Å². The molecule has 0 amide bonds. The van der Waals surface area contributed by atoms with E-state index in [4.69, 9.17) is 4.74 Å². The Balaban J connectivity index is 0.00000144. The molecule has 0 bridgehead atoms. The first kappa shape index (κ1) is 11.6. The summed E-state index contributed by atoms with van der Waals surface area (Å²) in [5.41, 5.74) is -0.0978. The Morgan fingerprint density at radius 2 is 2.38 bits per heavy atom. The first-order valence-electron chi connectivity index (χ1n) is 3.47. The van der Waals surface area contributed by atoms with Crippen LogP contribution in [0.5, 0.6) is 5.75 Å². The van der Waals surface area contributed by atoms with Gasteiger partial charge in [0.1, 0.15) is 6.20 Å². The van der Waals surface area contributed by atoms with Crippen molar-refractivity contribution in [3.63, 3.8) is 0 Å². The molecular weight excluding hydrogens is 196 g/mol. The van der Waals surface area contributed by atoms with Crippen molar-refractivity contribution in [2.45, 2.75) is 6.92 Å². The number of nitrogens with zero attached hydrogens (tertiary/aromatic N) is 2. The predicted octanol–water partition coefficient (Wildman–Crippen LogP) is 1.81. The van der Waals surface area contributed by atoms with E-state index in [1.54, 1.807) is 6.92 Å². The van der Waals surface area contributed by atoms with E-state index in [1.165, 1.54) is 18.5 Å². The molecule has 72 valence electrons. The first-order valence-corrected chi connectivity index (χ1v) is 3.47. The highest BCUT2D eigenvalue weighted by molar-refractivity contribution is 5.85. The van der Waals surface area contributed by atoms with Crippen LogP contribution < -0.4 is 4.74 Å². The molecule has 13 heavy (non-hydrogen) atoms. The van der Waals surface area contributed by atoms with Crippen LogP contribution in [0.25, 0.3) is 0 Å². The zero-order valence-corrected chi connectivity index (χ0v) is 7.78. The topological polar surface area (TPSA) is 65.3 Å². The van der Waals surface area contributed by atoms with Crippen LogP contribution in [0.2, 0.25) is 0 Å². The fourth-order valence-electron chi connectivity index (χ4n) is 0.788. The molecule has 0 unspecified atom stereocenters. The Morgan fingerprint density at radius 3 is 2.92 bits per heavy atom. The number of ether oxygens (including phenoxy) is 1. The average Bonchev–Trinajstić information content (AvgIpc) is 2.05. The third kappa shape index (κ3) is 2.87. The SMILES string of the molecule is CCOc1ccncc1[N+](=O)[O-].Cl. The summed E-state index contributed by atoms with van der Waals surface area (Å²) in [5.74, 6) is 0.262. The van der Waals surface area contributed by atoms with E-state index < -0.39 is 4.92 Å². The second-order valence-corrected chi connectivity index (χ2v) is 2.03. The van der Waals surface area contributed by atoms with Crippen LogP contribution in [0.1, 0.15) is 6.92 Å². The van der Waals surface area contributed by atoms with Crippen molar-refractivity contribution in [3.8, 4) is 5.75 Å². The van der Waals surface area contributed by atoms with Gasteiger partial charge in [-0.15, -0.1) is 12.4 Å². The van der Waals surface area contributed by atoms with Crippen LogP contribution in [0.3, 0.4) is 0 Å². The zero-order chi connectivity index (χ0) is 8.97. The van der Waals surface area contributed by atoms with Crippen molar-refractivity contribution in [1.82, 2.24) is 4.98 Å². The van der Waals surface area contributed by atoms with E-state index in [2.05, 4.69) is 4.98 Å². The molecule has 0 saturated heterocycles. The molecule has 0 atom stereocenters. The van der Waals surface area contributed by atoms with Crippen molar-refractivity contribution in [3.05, 3.63) is 28.6 Å². The molecule has 0 saturated carbocycles. The van der Waals surface area contributed by atoms with Crippen molar-refractivity contribution >= 4 is 18.1 Å². The quantitative estimate of drug-likeness (QED) is 0.556. The fourth-order valence-corrected chi connectivity index (χ4v) is 0.788. The number of aromatic nitrogens is 1. The van der Waals surface area contributed by atoms with Crippen molar-refractivity contribution in [2.75, 3.05) is 6.61 Å². The van der Waals surface area contributed by atoms with E-state index in [0.717, 1.165) is 0 Å². The number of hydrogen-bond donors (Lipinski definition) is 0. The lowest BCUT2D eigenvalue weighted by Crippen LogP contribution is -1.97. The zero-order valence-electron chi connectivity index (χ0n) is 6.97. The summed E-state index contributed by atoms with van der Waals surface area (Å²) in [6, 6.07) is 1.47. The molecule has 0 aliphatic heterocycles. The number of rotatable bonds is 3. The maximum atomic E-state index is 10.4. The van der Waals surface area contributed by atoms with Crippen LogP contribution >= 0.6 is 12.4 Å². The normalized spacial score (nSPS) is 8.69. The predicted molar refractivity (Wildman–Crippen MR) is 49.3 cm³/mol. The van der Waals surface area contributed by atoms with Crippen LogP contribution in [0.15, 0.2) is 18.5 Å². The Labute approximate surface area is 81.3 Å². The van der Waals surface area contributed by atoms with E-state index in [-0.39, 0.29) is 23.8 Å². The number of hydrogen-bond acceptors (Lipinski definition) is 4. The molecule has 0 aliphatic rings. The highest BCUT2D eigenvalue weighted by atomic mass is 35.5. The van der Waals surface area contributed by atoms with E-state index >= 15 is 0 Å². The largest absolute Gasteiger partial charge is 0.487 e. The molecule has 1 heterocycles. The van der Waals surface area contributed by atoms with Gasteiger partial charge in [0.15, 0.2) is 5.75 Å². The molecule has 5 nitrogen and oxygen atoms in total. The minimum Gasteiger partial charge on any atom is -0.487 e. The number of nitro groups is 1. The van der Waals surface area contributed by atoms with Gasteiger partial charge >= 0.3 is 5.69 Å². The Hall–Kier alpha value is -1.36. The maximum absolute atomic E-state index is 10.4. The molecule has 0 N–H and O–H groups in total. The lowest BCUT2D eigenvalue weighted by molar-refractivity contribution is -0.386. The number of halogens is 1. The van der Waals surface area contributed by atoms with Gasteiger partial charge in [-0.1, -0.05) is 0 Å². The Bertz CT molecular complexity index is 293. The standard InChI is InChI=1S/C7H8N2O3.ClH/c1-2-12-7-3-4-8-5-6(7)9(10)11;/h3-5H,2H2,1H3;1H. The second kappa shape index (κ2) is 5.31. The molecule has 0 fully saturated rings. The maximum Gasteiger partial charge on any atom is 0.329 e. The Kier molecular flexibility index (Phi) is 4.76. The Morgan fingerprint density at radius 1 is 1.69 bits per heavy atom. The highest BCUT2D eigenvalue weighted by Crippen LogP contribution is 2.24. The van der Waals surface area contributed by atoms with Crippen molar-refractivity contribution in [1.29, 1.82) is 0 Å². The minimum absolute atomic E-state index is 0. The molecule has 0 aliphatic carbocycles. The molecule has 1 rings (SSSR count). The molecule has 6 heteroatoms. The lowest BCUT2D eigenvalue weighted by Gasteiger charge is -2.01. The molecule has 1 aromatic rings. The number of pyridine rings is 1. The minimum atomic E-state index is -0.516. The van der Waals surface area contributed by atoms with Gasteiger partial charge in [0.2, 0.25) is 0 Å². The monoisotopic (exact) mass is 204 g/mol. The van der Waals surface area contributed by atoms with E-state index in [0.29, 0.717) is 6.61 Å². The third-order valence-corrected chi connectivity index (χ3v) is 1.26. The van der Waals surface area contributed by atoms with Crippen LogP contribution in [0, 0.1) is 10.1 Å². The highest BCUT2D eigenvalue weighted by Gasteiger charge is 2.13. The second-order valence-electron chi connectivity index (χ2n) is 2.03. The molecule has 1 aromatic heterocycles. The molecule has 0 aromatic carbocycles. The summed E-state index contributed by atoms with van der Waals surface area (Å²) >= 11 is 0. The summed E-state index contributed by atoms with van der Waals surface area (Å²) in [6.07, 6.45) is 2.63. The summed E-state index contributed by atoms with van der Waals surface area (Å²) in [4.78, 5) is 13.5. The van der Waals surface area contributed by atoms with Gasteiger partial charge in [0, 0.05) is 12.3 Å².